The fraction of sp³-hybridized carbons (Fsp3) is 0.556. The maximum Gasteiger partial charge on any atom is 0.115 e. The van der Waals surface area contributed by atoms with E-state index in [1.54, 1.807) is 45.6 Å². The van der Waals surface area contributed by atoms with Crippen LogP contribution in [0.15, 0.2) is 52.6 Å². The molecule has 0 heterocycles. The van der Waals surface area contributed by atoms with Gasteiger partial charge >= 0.3 is 0 Å². The molecule has 2 aromatic carbocycles. The maximum atomic E-state index is 9.62. The van der Waals surface area contributed by atoms with Gasteiger partial charge in [-0.25, -0.2) is 0 Å². The van der Waals surface area contributed by atoms with Crippen molar-refractivity contribution in [2.45, 2.75) is 92.3 Å². The lowest BCUT2D eigenvalue weighted by molar-refractivity contribution is 0.204. The number of nitrogens with zero attached hydrogens (tertiary/aromatic N) is 1. The highest BCUT2D eigenvalue weighted by molar-refractivity contribution is 5.65. The molecule has 5 rings (SSSR count). The first-order valence-corrected chi connectivity index (χ1v) is 15.5. The number of nitrogens with one attached hydrogen (secondary N) is 1. The second-order valence-corrected chi connectivity index (χ2v) is 13.2. The van der Waals surface area contributed by atoms with Crippen LogP contribution in [0.25, 0.3) is 0 Å². The molecule has 0 fully saturated rings. The Kier molecular flexibility index (Phi) is 8.23. The van der Waals surface area contributed by atoms with Crippen LogP contribution in [0, 0.1) is 30.6 Å². The third-order valence-electron chi connectivity index (χ3n) is 10.6. The molecule has 3 aliphatic carbocycles. The number of anilines is 1. The highest BCUT2D eigenvalue weighted by Crippen LogP contribution is 2.57. The second kappa shape index (κ2) is 11.4. The topological polar surface area (TPSA) is 61.5 Å². The highest BCUT2D eigenvalue weighted by Gasteiger charge is 2.46. The Bertz CT molecular complexity index is 1320. The van der Waals surface area contributed by atoms with Gasteiger partial charge in [-0.2, -0.15) is 0 Å². The largest absolute Gasteiger partial charge is 0.508 e. The van der Waals surface area contributed by atoms with Crippen molar-refractivity contribution in [2.24, 2.45) is 29.4 Å². The van der Waals surface area contributed by atoms with Crippen LogP contribution in [0.1, 0.15) is 87.6 Å². The fourth-order valence-corrected chi connectivity index (χ4v) is 9.06. The molecule has 0 saturated carbocycles. The van der Waals surface area contributed by atoms with E-state index in [0.29, 0.717) is 29.4 Å². The smallest absolute Gasteiger partial charge is 0.115 e. The lowest BCUT2D eigenvalue weighted by Crippen LogP contribution is -2.41. The molecule has 40 heavy (non-hydrogen) atoms. The molecule has 0 bridgehead atoms. The second-order valence-electron chi connectivity index (χ2n) is 13.2. The summed E-state index contributed by atoms with van der Waals surface area (Å²) in [6, 6.07) is 10.1. The van der Waals surface area contributed by atoms with Crippen LogP contribution in [0.4, 0.5) is 5.69 Å². The SMILES string of the molecule is CCC1=C(C(C)N)C(C)C2C(C)=C3C(Cc4c(N(C)C)cc(CNCc5ccc(O)cc5)c(C)c4C3C)CC2C1. The third-order valence-corrected chi connectivity index (χ3v) is 10.6. The van der Waals surface area contributed by atoms with E-state index < -0.39 is 0 Å². The summed E-state index contributed by atoms with van der Waals surface area (Å²) < 4.78 is 0. The minimum atomic E-state index is 0.146. The van der Waals surface area contributed by atoms with Gasteiger partial charge in [0.1, 0.15) is 5.75 Å². The standard InChI is InChI=1S/C36H51N3O/c1-9-26-14-27-15-28-16-31-32(39(7)8)17-29(19-38-18-25-10-12-30(40)13-11-25)20(2)35(31)22(4)33(28)21(3)34(27)23(5)36(26)24(6)37/h10-13,17,22-24,27-28,34,38,40H,9,14-16,18-19,37H2,1-8H3. The molecule has 4 heteroatoms. The van der Waals surface area contributed by atoms with E-state index in [1.165, 1.54) is 35.2 Å². The van der Waals surface area contributed by atoms with Crippen LogP contribution in [-0.4, -0.2) is 25.2 Å². The van der Waals surface area contributed by atoms with Crippen molar-refractivity contribution in [2.75, 3.05) is 19.0 Å². The molecule has 4 nitrogen and oxygen atoms in total. The molecule has 0 saturated heterocycles. The van der Waals surface area contributed by atoms with E-state index in [-0.39, 0.29) is 6.04 Å². The van der Waals surface area contributed by atoms with Gasteiger partial charge < -0.3 is 21.1 Å². The maximum absolute atomic E-state index is 9.62. The Morgan fingerprint density at radius 1 is 1.07 bits per heavy atom. The van der Waals surface area contributed by atoms with Gasteiger partial charge in [-0.3, -0.25) is 0 Å². The van der Waals surface area contributed by atoms with Crippen LogP contribution in [0.2, 0.25) is 0 Å². The van der Waals surface area contributed by atoms with Crippen molar-refractivity contribution in [3.8, 4) is 5.75 Å². The number of hydrogen-bond donors (Lipinski definition) is 3. The predicted molar refractivity (Wildman–Crippen MR) is 169 cm³/mol. The Morgan fingerprint density at radius 3 is 2.40 bits per heavy atom. The number of benzene rings is 2. The summed E-state index contributed by atoms with van der Waals surface area (Å²) in [7, 11) is 4.40. The normalized spacial score (nSPS) is 26.8. The van der Waals surface area contributed by atoms with Crippen molar-refractivity contribution in [1.29, 1.82) is 0 Å². The number of phenols is 1. The Morgan fingerprint density at radius 2 is 1.77 bits per heavy atom. The number of aromatic hydroxyl groups is 1. The lowest BCUT2D eigenvalue weighted by Gasteiger charge is -2.50. The molecule has 0 spiro atoms. The van der Waals surface area contributed by atoms with E-state index in [4.69, 9.17) is 5.73 Å². The van der Waals surface area contributed by atoms with Crippen molar-refractivity contribution in [3.63, 3.8) is 0 Å². The quantitative estimate of drug-likeness (QED) is 0.320. The van der Waals surface area contributed by atoms with E-state index in [0.717, 1.165) is 31.8 Å². The first-order chi connectivity index (χ1) is 19.0. The van der Waals surface area contributed by atoms with Crippen LogP contribution < -0.4 is 16.0 Å². The number of nitrogens with two attached hydrogens (primary N) is 1. The van der Waals surface area contributed by atoms with E-state index >= 15 is 0 Å². The number of rotatable bonds is 7. The molecule has 3 aliphatic rings. The molecule has 0 aliphatic heterocycles. The minimum absolute atomic E-state index is 0.146. The molecule has 6 atom stereocenters. The summed E-state index contributed by atoms with van der Waals surface area (Å²) in [6.07, 6.45) is 4.83. The zero-order valence-electron chi connectivity index (χ0n) is 26.1. The molecule has 0 radical (unpaired) electrons. The fourth-order valence-electron chi connectivity index (χ4n) is 9.06. The molecule has 0 amide bonds. The summed E-state index contributed by atoms with van der Waals surface area (Å²) in [5, 5.41) is 13.3. The number of allylic oxidation sites excluding steroid dienone is 3. The zero-order valence-corrected chi connectivity index (χ0v) is 26.1. The van der Waals surface area contributed by atoms with Crippen molar-refractivity contribution in [1.82, 2.24) is 5.32 Å². The number of hydrogen-bond acceptors (Lipinski definition) is 4. The Balaban J connectivity index is 1.50. The van der Waals surface area contributed by atoms with Gasteiger partial charge in [0, 0.05) is 44.8 Å². The summed E-state index contributed by atoms with van der Waals surface area (Å²) in [4.78, 5) is 2.33. The monoisotopic (exact) mass is 541 g/mol. The summed E-state index contributed by atoms with van der Waals surface area (Å²) in [5.41, 5.74) is 21.7. The molecular weight excluding hydrogens is 490 g/mol. The van der Waals surface area contributed by atoms with Gasteiger partial charge in [-0.05, 0) is 116 Å². The van der Waals surface area contributed by atoms with Gasteiger partial charge in [-0.1, -0.05) is 55.2 Å². The van der Waals surface area contributed by atoms with Crippen molar-refractivity contribution in [3.05, 3.63) is 80.4 Å². The van der Waals surface area contributed by atoms with Crippen molar-refractivity contribution >= 4 is 5.69 Å². The molecule has 216 valence electrons. The first kappa shape index (κ1) is 29.0. The molecule has 0 aromatic heterocycles. The molecular formula is C36H51N3O. The molecule has 4 N–H and O–H groups in total. The number of phenolic OH excluding ortho intramolecular Hbond substituents is 1. The summed E-state index contributed by atoms with van der Waals surface area (Å²) in [6.45, 7) is 15.9. The average Bonchev–Trinajstić information content (AvgIpc) is 2.89. The Labute approximate surface area is 242 Å². The summed E-state index contributed by atoms with van der Waals surface area (Å²) in [5.74, 6) is 3.28. The minimum Gasteiger partial charge on any atom is -0.508 e. The van der Waals surface area contributed by atoms with Crippen LogP contribution in [0.3, 0.4) is 0 Å². The number of fused-ring (bicyclic) bond motifs is 3. The van der Waals surface area contributed by atoms with Crippen LogP contribution >= 0.6 is 0 Å². The van der Waals surface area contributed by atoms with E-state index in [9.17, 15) is 5.11 Å². The van der Waals surface area contributed by atoms with Gasteiger partial charge in [0.2, 0.25) is 0 Å². The highest BCUT2D eigenvalue weighted by atomic mass is 16.3. The van der Waals surface area contributed by atoms with Crippen LogP contribution in [-0.2, 0) is 19.5 Å². The van der Waals surface area contributed by atoms with Crippen LogP contribution in [0.5, 0.6) is 5.75 Å². The Hall–Kier alpha value is -2.56. The van der Waals surface area contributed by atoms with E-state index in [1.807, 2.05) is 12.1 Å². The average molecular weight is 542 g/mol. The van der Waals surface area contributed by atoms with Gasteiger partial charge in [0.25, 0.3) is 0 Å². The van der Waals surface area contributed by atoms with E-state index in [2.05, 4.69) is 71.9 Å². The lowest BCUT2D eigenvalue weighted by atomic mass is 9.55. The van der Waals surface area contributed by atoms with Gasteiger partial charge in [0.15, 0.2) is 0 Å². The molecule has 6 unspecified atom stereocenters. The zero-order chi connectivity index (χ0) is 28.9. The predicted octanol–water partition coefficient (Wildman–Crippen LogP) is 7.38. The summed E-state index contributed by atoms with van der Waals surface area (Å²) >= 11 is 0. The third kappa shape index (κ3) is 5.03. The van der Waals surface area contributed by atoms with Gasteiger partial charge in [-0.15, -0.1) is 0 Å². The first-order valence-electron chi connectivity index (χ1n) is 15.5. The molecule has 2 aromatic rings. The van der Waals surface area contributed by atoms with Gasteiger partial charge in [0.05, 0.1) is 0 Å². The van der Waals surface area contributed by atoms with Crippen molar-refractivity contribution < 1.29 is 5.11 Å².